The van der Waals surface area contributed by atoms with E-state index in [1.165, 1.54) is 202 Å². The summed E-state index contributed by atoms with van der Waals surface area (Å²) in [5, 5.41) is 25.6. The van der Waals surface area contributed by atoms with Gasteiger partial charge in [0.25, 0.3) is 0 Å². The van der Waals surface area contributed by atoms with Crippen LogP contribution >= 0.6 is 0 Å². The van der Waals surface area contributed by atoms with Crippen LogP contribution in [0.4, 0.5) is 0 Å². The normalized spacial score (nSPS) is 13.3. The van der Waals surface area contributed by atoms with E-state index in [4.69, 9.17) is 29.9 Å². The molecule has 0 saturated heterocycles. The third-order valence-corrected chi connectivity index (χ3v) is 31.8. The standard InChI is InChI=1S/C59H40N2.2C41H28N2/c1-59(2)52-26-13-12-25-50(52)57-55(59)56(60-58(61-57)39-17-4-3-5-18-39)46-22-14-21-42(35-46)43-31-32-49-51(36-43)54(45-30-28-38-16-7-9-20-41(38)34-45)48-24-11-10-23-47(48)53(49)44-29-27-37-15-6-8-19-40(37)33-44;1-41(2)34-23-20-30(31-21-18-27-17-16-25-14-9-15-26-19-22-32(31)36(27)35(25)26)24-33(34)39-37(41)38(28-10-5-3-6-11-28)42-40(43-39)29-12-7-4-8-13-29;1-41(2)34-14-7-6-13-33(34)39-37(41)38(42-40(43-39)30-9-4-3-5-10-30)29-19-15-25(16-20-29)31-23-21-28-18-17-26-11-8-12-27-22-24-32(31)36(28)35(26)27/h3-36H,1-2H3;2*3-24H,1-2H3. The highest BCUT2D eigenvalue weighted by Gasteiger charge is 2.44. The Labute approximate surface area is 853 Å². The van der Waals surface area contributed by atoms with Crippen molar-refractivity contribution in [3.05, 3.63) is 507 Å². The minimum absolute atomic E-state index is 0.207. The second kappa shape index (κ2) is 33.9. The highest BCUT2D eigenvalue weighted by Crippen LogP contribution is 2.58. The predicted octanol–water partition coefficient (Wildman–Crippen LogP) is 37.1. The fourth-order valence-electron chi connectivity index (χ4n) is 24.7. The highest BCUT2D eigenvalue weighted by atomic mass is 14.9. The molecule has 690 valence electrons. The molecule has 0 N–H and O–H groups in total. The van der Waals surface area contributed by atoms with Gasteiger partial charge in [0.1, 0.15) is 0 Å². The van der Waals surface area contributed by atoms with Gasteiger partial charge in [-0.1, -0.05) is 484 Å². The van der Waals surface area contributed by atoms with Crippen LogP contribution in [0.15, 0.2) is 473 Å². The molecule has 27 aromatic rings. The molecule has 3 aliphatic carbocycles. The van der Waals surface area contributed by atoms with Crippen LogP contribution in [-0.4, -0.2) is 29.9 Å². The number of hydrogen-bond acceptors (Lipinski definition) is 6. The first-order valence-electron chi connectivity index (χ1n) is 51.0. The maximum atomic E-state index is 5.42. The maximum absolute atomic E-state index is 5.42. The van der Waals surface area contributed by atoms with Crippen LogP contribution in [0.2, 0.25) is 0 Å². The minimum Gasteiger partial charge on any atom is -0.228 e. The van der Waals surface area contributed by atoms with Gasteiger partial charge >= 0.3 is 0 Å². The van der Waals surface area contributed by atoms with Crippen LogP contribution in [0, 0.1) is 0 Å². The van der Waals surface area contributed by atoms with E-state index in [9.17, 15) is 0 Å². The molecule has 6 nitrogen and oxygen atoms in total. The topological polar surface area (TPSA) is 77.3 Å². The Morgan fingerprint density at radius 2 is 0.435 bits per heavy atom. The Morgan fingerprint density at radius 1 is 0.143 bits per heavy atom. The van der Waals surface area contributed by atoms with Gasteiger partial charge in [0, 0.05) is 83.0 Å². The van der Waals surface area contributed by atoms with Crippen LogP contribution in [0.1, 0.15) is 74.9 Å². The summed E-state index contributed by atoms with van der Waals surface area (Å²) in [7, 11) is 0. The van der Waals surface area contributed by atoms with Crippen LogP contribution in [0.25, 0.3) is 265 Å². The van der Waals surface area contributed by atoms with E-state index < -0.39 is 0 Å². The molecule has 24 aromatic carbocycles. The number of nitrogens with zero attached hydrogens (tertiary/aromatic N) is 6. The van der Waals surface area contributed by atoms with Crippen molar-refractivity contribution < 1.29 is 0 Å². The number of fused-ring (bicyclic) bond motifs is 13. The van der Waals surface area contributed by atoms with Gasteiger partial charge < -0.3 is 0 Å². The van der Waals surface area contributed by atoms with Crippen molar-refractivity contribution >= 4 is 108 Å². The van der Waals surface area contributed by atoms with Gasteiger partial charge in [0.15, 0.2) is 17.5 Å². The molecule has 3 heterocycles. The average Bonchev–Trinajstić information content (AvgIpc) is 1.51. The molecule has 3 aromatic heterocycles. The molecule has 0 spiro atoms. The zero-order valence-electron chi connectivity index (χ0n) is 82.2. The van der Waals surface area contributed by atoms with Crippen LogP contribution < -0.4 is 0 Å². The third kappa shape index (κ3) is 14.1. The third-order valence-electron chi connectivity index (χ3n) is 31.8. The molecule has 147 heavy (non-hydrogen) atoms. The van der Waals surface area contributed by atoms with E-state index >= 15 is 0 Å². The zero-order chi connectivity index (χ0) is 98.1. The van der Waals surface area contributed by atoms with Crippen molar-refractivity contribution in [2.75, 3.05) is 0 Å². The van der Waals surface area contributed by atoms with Crippen molar-refractivity contribution in [2.24, 2.45) is 0 Å². The monoisotopic (exact) mass is 1870 g/mol. The Balaban J connectivity index is 0.000000109. The van der Waals surface area contributed by atoms with E-state index in [1.807, 2.05) is 18.2 Å². The molecule has 0 unspecified atom stereocenters. The van der Waals surface area contributed by atoms with E-state index in [2.05, 4.69) is 497 Å². The molecule has 3 aliphatic rings. The van der Waals surface area contributed by atoms with Gasteiger partial charge in [0.05, 0.1) is 34.2 Å². The molecular weight excluding hydrogens is 1780 g/mol. The van der Waals surface area contributed by atoms with Gasteiger partial charge in [-0.25, -0.2) is 29.9 Å². The fraction of sp³-hybridized carbons (Fsp3) is 0.0638. The summed E-state index contributed by atoms with van der Waals surface area (Å²) in [4.78, 5) is 31.7. The molecule has 0 atom stereocenters. The van der Waals surface area contributed by atoms with Gasteiger partial charge in [-0.15, -0.1) is 0 Å². The fourth-order valence-corrected chi connectivity index (χ4v) is 24.7. The summed E-state index contributed by atoms with van der Waals surface area (Å²) in [6.07, 6.45) is 0. The molecule has 0 saturated carbocycles. The summed E-state index contributed by atoms with van der Waals surface area (Å²) in [6.45, 7) is 13.8. The van der Waals surface area contributed by atoms with Gasteiger partial charge in [-0.05, 0) is 210 Å². The predicted molar refractivity (Wildman–Crippen MR) is 616 cm³/mol. The number of hydrogen-bond donors (Lipinski definition) is 0. The van der Waals surface area contributed by atoms with Gasteiger partial charge in [-0.3, -0.25) is 0 Å². The Kier molecular flexibility index (Phi) is 20.0. The summed E-state index contributed by atoms with van der Waals surface area (Å²) >= 11 is 0. The molecule has 0 radical (unpaired) electrons. The average molecular weight is 1870 g/mol. The molecule has 0 fully saturated rings. The molecule has 6 heteroatoms. The quantitative estimate of drug-likeness (QED) is 0.0949. The van der Waals surface area contributed by atoms with E-state index in [0.29, 0.717) is 0 Å². The lowest BCUT2D eigenvalue weighted by molar-refractivity contribution is 0.657. The minimum atomic E-state index is -0.273. The van der Waals surface area contributed by atoms with Crippen LogP contribution in [0.3, 0.4) is 0 Å². The van der Waals surface area contributed by atoms with Gasteiger partial charge in [-0.2, -0.15) is 0 Å². The first kappa shape index (κ1) is 86.5. The largest absolute Gasteiger partial charge is 0.228 e. The zero-order valence-corrected chi connectivity index (χ0v) is 82.2. The van der Waals surface area contributed by atoms with E-state index in [-0.39, 0.29) is 16.2 Å². The Bertz CT molecular complexity index is 10000. The van der Waals surface area contributed by atoms with Crippen LogP contribution in [0.5, 0.6) is 0 Å². The first-order valence-corrected chi connectivity index (χ1v) is 51.0. The van der Waals surface area contributed by atoms with Crippen molar-refractivity contribution in [3.63, 3.8) is 0 Å². The van der Waals surface area contributed by atoms with Crippen molar-refractivity contribution in [1.29, 1.82) is 0 Å². The van der Waals surface area contributed by atoms with Crippen molar-refractivity contribution in [1.82, 2.24) is 29.9 Å². The van der Waals surface area contributed by atoms with Crippen LogP contribution in [-0.2, 0) is 16.2 Å². The summed E-state index contributed by atoms with van der Waals surface area (Å²) in [5.41, 5.74) is 34.9. The molecule has 0 aliphatic heterocycles. The SMILES string of the molecule is CC1(C)c2ccc(-c3ccc4ccc5cccc6ccc3c4c56)cc2-c2nc(-c3ccccc3)nc(-c3ccccc3)c21.CC1(C)c2ccccc2-c2nc(-c3ccccc3)nc(-c3ccc(-c4ccc5ccc6cccc7ccc4c5c67)cc3)c21.CC1(C)c2ccccc2-c2nc(-c3ccccc3)nc(-c3cccc(-c4ccc5c(-c6ccc7ccccc7c6)c6ccccc6c(-c6ccc7ccccc7c6)c5c4)c3)c21. The van der Waals surface area contributed by atoms with Crippen molar-refractivity contribution in [2.45, 2.75) is 57.8 Å². The second-order valence-corrected chi connectivity index (χ2v) is 41.3. The molecular formula is C141H96N6. The number of rotatable bonds is 11. The smallest absolute Gasteiger partial charge is 0.160 e. The summed E-state index contributed by atoms with van der Waals surface area (Å²) in [5.74, 6) is 2.26. The summed E-state index contributed by atoms with van der Waals surface area (Å²) in [6, 6.07) is 171. The second-order valence-electron chi connectivity index (χ2n) is 41.3. The first-order chi connectivity index (χ1) is 72.1. The number of aromatic nitrogens is 6. The highest BCUT2D eigenvalue weighted by molar-refractivity contribution is 6.28. The lowest BCUT2D eigenvalue weighted by atomic mass is 9.80. The number of benzene rings is 24. The van der Waals surface area contributed by atoms with E-state index in [1.54, 1.807) is 0 Å². The maximum Gasteiger partial charge on any atom is 0.160 e. The Hall–Kier alpha value is -18.4. The lowest BCUT2D eigenvalue weighted by Crippen LogP contribution is -2.17. The summed E-state index contributed by atoms with van der Waals surface area (Å²) < 4.78 is 0. The Morgan fingerprint density at radius 3 is 0.918 bits per heavy atom. The van der Waals surface area contributed by atoms with Gasteiger partial charge in [0.2, 0.25) is 0 Å². The molecule has 0 bridgehead atoms. The van der Waals surface area contributed by atoms with E-state index in [0.717, 1.165) is 96.1 Å². The molecule has 30 rings (SSSR count). The lowest BCUT2D eigenvalue weighted by Gasteiger charge is -2.24. The molecule has 0 amide bonds. The van der Waals surface area contributed by atoms with Crippen molar-refractivity contribution in [3.8, 4) is 157 Å².